The van der Waals surface area contributed by atoms with E-state index in [1.807, 2.05) is 0 Å². The largest absolute Gasteiger partial charge is 0.416 e. The van der Waals surface area contributed by atoms with Gasteiger partial charge in [-0.1, -0.05) is 0 Å². The average Bonchev–Trinajstić information content (AvgIpc) is 1.57. The Hall–Kier alpha value is -0.0000000000000000555. The molecule has 0 aromatic carbocycles. The molecule has 0 aromatic heterocycles. The number of hydrogen-bond donors (Lipinski definition) is 1. The van der Waals surface area contributed by atoms with Crippen LogP contribution in [0.3, 0.4) is 0 Å². The average molecular weight is 178 g/mol. The summed E-state index contributed by atoms with van der Waals surface area (Å²) >= 11 is 0. The Morgan fingerprint density at radius 1 is 1.40 bits per heavy atom. The highest BCUT2D eigenvalue weighted by atomic mass is 35.5. The third kappa shape index (κ3) is 1.74. The molecule has 0 aromatic rings. The molecule has 2 unspecified atom stereocenters. The Balaban J connectivity index is 0.000000810. The number of nitrogens with two attached hydrogens (primary N) is 1. The third-order valence-electron chi connectivity index (χ3n) is 1.18. The first-order valence-electron chi connectivity index (χ1n) is 2.45. The lowest BCUT2D eigenvalue weighted by Crippen LogP contribution is -2.58. The summed E-state index contributed by atoms with van der Waals surface area (Å²) in [6.45, 7) is 0.0180. The molecule has 0 radical (unpaired) electrons. The molecule has 10 heavy (non-hydrogen) atoms. The quantitative estimate of drug-likeness (QED) is 0.591. The molecule has 6 heteroatoms. The van der Waals surface area contributed by atoms with Gasteiger partial charge in [0, 0.05) is 0 Å². The third-order valence-corrected chi connectivity index (χ3v) is 1.18. The van der Waals surface area contributed by atoms with Crippen molar-refractivity contribution in [3.8, 4) is 0 Å². The van der Waals surface area contributed by atoms with Crippen LogP contribution in [0.5, 0.6) is 0 Å². The minimum Gasteiger partial charge on any atom is -0.365 e. The van der Waals surface area contributed by atoms with E-state index in [-0.39, 0.29) is 19.0 Å². The maximum absolute atomic E-state index is 11.5. The van der Waals surface area contributed by atoms with Gasteiger partial charge in [0.25, 0.3) is 0 Å². The maximum atomic E-state index is 11.5. The molecule has 0 amide bonds. The monoisotopic (exact) mass is 177 g/mol. The summed E-state index contributed by atoms with van der Waals surface area (Å²) in [5.74, 6) is 0. The zero-order chi connectivity index (χ0) is 7.07. The van der Waals surface area contributed by atoms with E-state index < -0.39 is 18.3 Å². The van der Waals surface area contributed by atoms with Crippen molar-refractivity contribution < 1.29 is 17.9 Å². The summed E-state index contributed by atoms with van der Waals surface area (Å²) in [6, 6.07) is -0.856. The molecule has 0 aliphatic carbocycles. The van der Waals surface area contributed by atoms with Crippen molar-refractivity contribution in [2.75, 3.05) is 6.61 Å². The predicted octanol–water partition coefficient (Wildman–Crippen LogP) is 0.697. The second kappa shape index (κ2) is 2.94. The molecule has 0 spiro atoms. The molecule has 1 fully saturated rings. The van der Waals surface area contributed by atoms with Gasteiger partial charge in [-0.05, 0) is 0 Å². The van der Waals surface area contributed by atoms with Crippen LogP contribution < -0.4 is 5.73 Å². The Kier molecular flexibility index (Phi) is 2.94. The van der Waals surface area contributed by atoms with Gasteiger partial charge in [0.15, 0.2) is 6.10 Å². The van der Waals surface area contributed by atoms with Crippen molar-refractivity contribution in [1.29, 1.82) is 0 Å². The molecule has 0 bridgehead atoms. The van der Waals surface area contributed by atoms with E-state index in [4.69, 9.17) is 5.73 Å². The Morgan fingerprint density at radius 2 is 1.90 bits per heavy atom. The van der Waals surface area contributed by atoms with Gasteiger partial charge < -0.3 is 10.5 Å². The van der Waals surface area contributed by atoms with E-state index in [0.717, 1.165) is 0 Å². The number of halogens is 4. The standard InChI is InChI=1S/C4H6F3NO.ClH/c5-4(6,7)3-2(8)1-9-3;/h2-3H,1,8H2;1H. The lowest BCUT2D eigenvalue weighted by Gasteiger charge is -2.34. The zero-order valence-corrected chi connectivity index (χ0v) is 5.71. The fourth-order valence-corrected chi connectivity index (χ4v) is 0.641. The summed E-state index contributed by atoms with van der Waals surface area (Å²) in [5.41, 5.74) is 4.96. The molecule has 62 valence electrons. The Labute approximate surface area is 61.9 Å². The van der Waals surface area contributed by atoms with Crippen molar-refractivity contribution in [2.24, 2.45) is 5.73 Å². The minimum absolute atomic E-state index is 0. The fraction of sp³-hybridized carbons (Fsp3) is 1.00. The van der Waals surface area contributed by atoms with Gasteiger partial charge in [0.1, 0.15) is 0 Å². The van der Waals surface area contributed by atoms with Crippen LogP contribution in [0.25, 0.3) is 0 Å². The summed E-state index contributed by atoms with van der Waals surface area (Å²) < 4.78 is 38.8. The summed E-state index contributed by atoms with van der Waals surface area (Å²) in [6.07, 6.45) is -6.00. The second-order valence-corrected chi connectivity index (χ2v) is 1.96. The summed E-state index contributed by atoms with van der Waals surface area (Å²) in [4.78, 5) is 0. The predicted molar refractivity (Wildman–Crippen MR) is 31.0 cm³/mol. The van der Waals surface area contributed by atoms with Crippen LogP contribution in [0, 0.1) is 0 Å². The van der Waals surface area contributed by atoms with Gasteiger partial charge >= 0.3 is 6.18 Å². The topological polar surface area (TPSA) is 35.2 Å². The van der Waals surface area contributed by atoms with E-state index in [2.05, 4.69) is 4.74 Å². The molecular weight excluding hydrogens is 170 g/mol. The highest BCUT2D eigenvalue weighted by Gasteiger charge is 2.50. The van der Waals surface area contributed by atoms with Gasteiger partial charge in [-0.2, -0.15) is 13.2 Å². The van der Waals surface area contributed by atoms with Gasteiger partial charge in [-0.3, -0.25) is 0 Å². The van der Waals surface area contributed by atoms with E-state index in [1.165, 1.54) is 0 Å². The van der Waals surface area contributed by atoms with E-state index >= 15 is 0 Å². The lowest BCUT2D eigenvalue weighted by atomic mass is 10.1. The fourth-order valence-electron chi connectivity index (χ4n) is 0.641. The summed E-state index contributed by atoms with van der Waals surface area (Å²) in [5, 5.41) is 0. The van der Waals surface area contributed by atoms with Crippen LogP contribution in [-0.2, 0) is 4.74 Å². The molecule has 1 rings (SSSR count). The van der Waals surface area contributed by atoms with Crippen LogP contribution in [0.15, 0.2) is 0 Å². The van der Waals surface area contributed by atoms with Gasteiger partial charge in [0.2, 0.25) is 0 Å². The molecular formula is C4H7ClF3NO. The molecule has 2 N–H and O–H groups in total. The highest BCUT2D eigenvalue weighted by Crippen LogP contribution is 2.29. The van der Waals surface area contributed by atoms with Gasteiger partial charge in [-0.15, -0.1) is 12.4 Å². The first kappa shape index (κ1) is 10.0. The van der Waals surface area contributed by atoms with Crippen LogP contribution >= 0.6 is 12.4 Å². The smallest absolute Gasteiger partial charge is 0.365 e. The van der Waals surface area contributed by atoms with Crippen molar-refractivity contribution in [2.45, 2.75) is 18.3 Å². The van der Waals surface area contributed by atoms with Crippen LogP contribution in [0.1, 0.15) is 0 Å². The van der Waals surface area contributed by atoms with E-state index in [0.29, 0.717) is 0 Å². The normalized spacial score (nSPS) is 32.4. The highest BCUT2D eigenvalue weighted by molar-refractivity contribution is 5.85. The van der Waals surface area contributed by atoms with Crippen molar-refractivity contribution in [3.63, 3.8) is 0 Å². The number of alkyl halides is 3. The van der Waals surface area contributed by atoms with Gasteiger partial charge in [0.05, 0.1) is 12.6 Å². The number of hydrogen-bond acceptors (Lipinski definition) is 2. The van der Waals surface area contributed by atoms with Crippen molar-refractivity contribution in [1.82, 2.24) is 0 Å². The molecule has 0 saturated carbocycles. The maximum Gasteiger partial charge on any atom is 0.416 e. The van der Waals surface area contributed by atoms with Crippen molar-refractivity contribution >= 4 is 12.4 Å². The van der Waals surface area contributed by atoms with Crippen LogP contribution in [0.4, 0.5) is 13.2 Å². The van der Waals surface area contributed by atoms with E-state index in [9.17, 15) is 13.2 Å². The number of rotatable bonds is 0. The molecule has 2 nitrogen and oxygen atoms in total. The lowest BCUT2D eigenvalue weighted by molar-refractivity contribution is -0.268. The molecule has 2 atom stereocenters. The van der Waals surface area contributed by atoms with Gasteiger partial charge in [-0.25, -0.2) is 0 Å². The van der Waals surface area contributed by atoms with Crippen molar-refractivity contribution in [3.05, 3.63) is 0 Å². The molecule has 1 aliphatic rings. The first-order valence-corrected chi connectivity index (χ1v) is 2.45. The van der Waals surface area contributed by atoms with Crippen LogP contribution in [0.2, 0.25) is 0 Å². The molecule has 1 saturated heterocycles. The molecule has 1 aliphatic heterocycles. The van der Waals surface area contributed by atoms with E-state index in [1.54, 1.807) is 0 Å². The number of ether oxygens (including phenoxy) is 1. The minimum atomic E-state index is -4.28. The molecule has 1 heterocycles. The van der Waals surface area contributed by atoms with Crippen LogP contribution in [-0.4, -0.2) is 24.9 Å². The Morgan fingerprint density at radius 3 is 1.90 bits per heavy atom. The zero-order valence-electron chi connectivity index (χ0n) is 4.89. The Bertz CT molecular complexity index is 118. The second-order valence-electron chi connectivity index (χ2n) is 1.96. The first-order chi connectivity index (χ1) is 4.02. The summed E-state index contributed by atoms with van der Waals surface area (Å²) in [7, 11) is 0. The SMILES string of the molecule is Cl.NC1COC1C(F)(F)F.